The highest BCUT2D eigenvalue weighted by Crippen LogP contribution is 2.28. The van der Waals surface area contributed by atoms with Crippen molar-refractivity contribution < 1.29 is 19.3 Å². The van der Waals surface area contributed by atoms with Crippen LogP contribution in [0, 0.1) is 0 Å². The lowest BCUT2D eigenvalue weighted by Crippen LogP contribution is -2.24. The van der Waals surface area contributed by atoms with Gasteiger partial charge in [-0.3, -0.25) is 0 Å². The summed E-state index contributed by atoms with van der Waals surface area (Å²) in [5.74, 6) is 1.29. The van der Waals surface area contributed by atoms with Gasteiger partial charge < -0.3 is 24.6 Å². The highest BCUT2D eigenvalue weighted by molar-refractivity contribution is 5.43. The molecule has 0 spiro atoms. The predicted molar refractivity (Wildman–Crippen MR) is 83.0 cm³/mol. The Morgan fingerprint density at radius 2 is 1.95 bits per heavy atom. The van der Waals surface area contributed by atoms with Gasteiger partial charge >= 0.3 is 0 Å². The molecule has 0 aliphatic rings. The highest BCUT2D eigenvalue weighted by atomic mass is 16.5. The highest BCUT2D eigenvalue weighted by Gasteiger charge is 2.10. The van der Waals surface area contributed by atoms with Crippen molar-refractivity contribution in [2.75, 3.05) is 26.9 Å². The van der Waals surface area contributed by atoms with E-state index in [1.54, 1.807) is 7.11 Å². The molecule has 0 amide bonds. The first-order valence-corrected chi connectivity index (χ1v) is 7.35. The summed E-state index contributed by atoms with van der Waals surface area (Å²) in [7, 11) is 1.60. The van der Waals surface area contributed by atoms with Crippen LogP contribution in [0.5, 0.6) is 11.5 Å². The Hall–Kier alpha value is -1.30. The maximum absolute atomic E-state index is 9.75. The second-order valence-corrected chi connectivity index (χ2v) is 5.15. The van der Waals surface area contributed by atoms with Crippen LogP contribution in [0.25, 0.3) is 0 Å². The first-order valence-electron chi connectivity index (χ1n) is 7.35. The lowest BCUT2D eigenvalue weighted by atomic mass is 10.2. The molecule has 0 fully saturated rings. The number of hydrogen-bond acceptors (Lipinski definition) is 5. The van der Waals surface area contributed by atoms with Crippen LogP contribution in [0.15, 0.2) is 18.2 Å². The van der Waals surface area contributed by atoms with Crippen molar-refractivity contribution in [2.45, 2.75) is 39.5 Å². The summed E-state index contributed by atoms with van der Waals surface area (Å²) >= 11 is 0. The first-order chi connectivity index (χ1) is 10.1. The molecule has 1 atom stereocenters. The fourth-order valence-electron chi connectivity index (χ4n) is 1.75. The maximum Gasteiger partial charge on any atom is 0.161 e. The number of rotatable bonds is 10. The molecule has 0 saturated carbocycles. The molecule has 1 aromatic rings. The minimum absolute atomic E-state index is 0.178. The zero-order chi connectivity index (χ0) is 15.7. The molecule has 21 heavy (non-hydrogen) atoms. The number of methoxy groups -OCH3 is 1. The quantitative estimate of drug-likeness (QED) is 0.691. The van der Waals surface area contributed by atoms with Crippen LogP contribution in [-0.4, -0.2) is 44.2 Å². The number of aliphatic hydroxyl groups excluding tert-OH is 1. The van der Waals surface area contributed by atoms with Crippen LogP contribution < -0.4 is 14.8 Å². The van der Waals surface area contributed by atoms with Crippen LogP contribution in [0.4, 0.5) is 0 Å². The molecular weight excluding hydrogens is 270 g/mol. The van der Waals surface area contributed by atoms with Crippen LogP contribution in [0.1, 0.15) is 26.3 Å². The Morgan fingerprint density at radius 1 is 1.19 bits per heavy atom. The van der Waals surface area contributed by atoms with E-state index in [0.29, 0.717) is 24.1 Å². The molecule has 0 heterocycles. The van der Waals surface area contributed by atoms with Crippen molar-refractivity contribution in [3.63, 3.8) is 0 Å². The smallest absolute Gasteiger partial charge is 0.161 e. The van der Waals surface area contributed by atoms with Gasteiger partial charge in [-0.1, -0.05) is 19.9 Å². The first kappa shape index (κ1) is 17.8. The van der Waals surface area contributed by atoms with E-state index in [1.807, 2.05) is 25.1 Å². The van der Waals surface area contributed by atoms with Gasteiger partial charge in [0.15, 0.2) is 11.5 Å². The Balaban J connectivity index is 2.62. The van der Waals surface area contributed by atoms with Gasteiger partial charge in [0, 0.05) is 19.2 Å². The van der Waals surface area contributed by atoms with Gasteiger partial charge in [-0.15, -0.1) is 0 Å². The Bertz CT molecular complexity index is 409. The van der Waals surface area contributed by atoms with Gasteiger partial charge in [0.05, 0.1) is 13.7 Å². The fourth-order valence-corrected chi connectivity index (χ4v) is 1.75. The van der Waals surface area contributed by atoms with E-state index in [-0.39, 0.29) is 13.2 Å². The van der Waals surface area contributed by atoms with Crippen molar-refractivity contribution in [1.82, 2.24) is 5.32 Å². The Labute approximate surface area is 127 Å². The summed E-state index contributed by atoms with van der Waals surface area (Å²) < 4.78 is 16.1. The monoisotopic (exact) mass is 297 g/mol. The van der Waals surface area contributed by atoms with Crippen molar-refractivity contribution in [2.24, 2.45) is 0 Å². The number of aliphatic hydroxyl groups is 1. The molecular formula is C16H27NO4. The molecule has 120 valence electrons. The Kier molecular flexibility index (Phi) is 8.12. The molecule has 5 nitrogen and oxygen atoms in total. The fraction of sp³-hybridized carbons (Fsp3) is 0.625. The standard InChI is InChI=1S/C16H27NO4/c1-5-20-10-14(18)11-21-16-8-13(9-17-12(2)3)6-7-15(16)19-4/h6-8,12,14,17-18H,5,9-11H2,1-4H3. The van der Waals surface area contributed by atoms with Crippen LogP contribution in [0.3, 0.4) is 0 Å². The molecule has 0 saturated heterocycles. The Morgan fingerprint density at radius 3 is 2.57 bits per heavy atom. The van der Waals surface area contributed by atoms with Crippen LogP contribution >= 0.6 is 0 Å². The summed E-state index contributed by atoms with van der Waals surface area (Å²) in [6.45, 7) is 7.89. The van der Waals surface area contributed by atoms with Gasteiger partial charge in [0.2, 0.25) is 0 Å². The minimum atomic E-state index is -0.646. The number of ether oxygens (including phenoxy) is 3. The third-order valence-electron chi connectivity index (χ3n) is 2.89. The van der Waals surface area contributed by atoms with E-state index < -0.39 is 6.10 Å². The van der Waals surface area contributed by atoms with Gasteiger partial charge in [0.1, 0.15) is 12.7 Å². The van der Waals surface area contributed by atoms with Crippen LogP contribution in [-0.2, 0) is 11.3 Å². The van der Waals surface area contributed by atoms with Crippen molar-refractivity contribution in [1.29, 1.82) is 0 Å². The van der Waals surface area contributed by atoms with E-state index in [4.69, 9.17) is 14.2 Å². The van der Waals surface area contributed by atoms with Crippen LogP contribution in [0.2, 0.25) is 0 Å². The van der Waals surface area contributed by atoms with E-state index >= 15 is 0 Å². The lowest BCUT2D eigenvalue weighted by molar-refractivity contribution is 0.0159. The van der Waals surface area contributed by atoms with Gasteiger partial charge in [-0.05, 0) is 24.6 Å². The average molecular weight is 297 g/mol. The number of nitrogens with one attached hydrogen (secondary N) is 1. The molecule has 0 aliphatic heterocycles. The topological polar surface area (TPSA) is 60.0 Å². The summed E-state index contributed by atoms with van der Waals surface area (Å²) in [5, 5.41) is 13.1. The normalized spacial score (nSPS) is 12.5. The molecule has 0 radical (unpaired) electrons. The van der Waals surface area contributed by atoms with E-state index in [0.717, 1.165) is 12.1 Å². The molecule has 0 bridgehead atoms. The van der Waals surface area contributed by atoms with Gasteiger partial charge in [-0.2, -0.15) is 0 Å². The second kappa shape index (κ2) is 9.60. The summed E-state index contributed by atoms with van der Waals surface area (Å²) in [4.78, 5) is 0. The average Bonchev–Trinajstić information content (AvgIpc) is 2.48. The van der Waals surface area contributed by atoms with E-state index in [2.05, 4.69) is 19.2 Å². The van der Waals surface area contributed by atoms with Gasteiger partial charge in [0.25, 0.3) is 0 Å². The molecule has 1 unspecified atom stereocenters. The largest absolute Gasteiger partial charge is 0.493 e. The molecule has 0 aliphatic carbocycles. The second-order valence-electron chi connectivity index (χ2n) is 5.15. The summed E-state index contributed by atoms with van der Waals surface area (Å²) in [6.07, 6.45) is -0.646. The molecule has 2 N–H and O–H groups in total. The van der Waals surface area contributed by atoms with Crippen molar-refractivity contribution in [3.8, 4) is 11.5 Å². The number of benzene rings is 1. The number of hydrogen-bond donors (Lipinski definition) is 2. The molecule has 0 aromatic heterocycles. The minimum Gasteiger partial charge on any atom is -0.493 e. The predicted octanol–water partition coefficient (Wildman–Crippen LogP) is 1.97. The van der Waals surface area contributed by atoms with E-state index in [1.165, 1.54) is 0 Å². The molecule has 5 heteroatoms. The zero-order valence-corrected chi connectivity index (χ0v) is 13.4. The third kappa shape index (κ3) is 6.80. The maximum atomic E-state index is 9.75. The zero-order valence-electron chi connectivity index (χ0n) is 13.4. The third-order valence-corrected chi connectivity index (χ3v) is 2.89. The van der Waals surface area contributed by atoms with Crippen molar-refractivity contribution in [3.05, 3.63) is 23.8 Å². The van der Waals surface area contributed by atoms with E-state index in [9.17, 15) is 5.11 Å². The SMILES string of the molecule is CCOCC(O)COc1cc(CNC(C)C)ccc1OC. The van der Waals surface area contributed by atoms with Crippen molar-refractivity contribution >= 4 is 0 Å². The molecule has 1 rings (SSSR count). The summed E-state index contributed by atoms with van der Waals surface area (Å²) in [6, 6.07) is 6.23. The molecule has 1 aromatic carbocycles. The summed E-state index contributed by atoms with van der Waals surface area (Å²) in [5.41, 5.74) is 1.11. The lowest BCUT2D eigenvalue weighted by Gasteiger charge is -2.16. The van der Waals surface area contributed by atoms with Gasteiger partial charge in [-0.25, -0.2) is 0 Å².